The van der Waals surface area contributed by atoms with Crippen molar-refractivity contribution in [2.75, 3.05) is 0 Å². The van der Waals surface area contributed by atoms with Crippen LogP contribution in [0, 0.1) is 10.1 Å². The minimum atomic E-state index is -0.723. The number of furan rings is 1. The Labute approximate surface area is 109 Å². The van der Waals surface area contributed by atoms with Gasteiger partial charge in [-0.3, -0.25) is 14.9 Å². The quantitative estimate of drug-likeness (QED) is 0.490. The summed E-state index contributed by atoms with van der Waals surface area (Å²) in [4.78, 5) is 21.5. The summed E-state index contributed by atoms with van der Waals surface area (Å²) < 4.78 is 5.36. The van der Waals surface area contributed by atoms with E-state index in [1.807, 2.05) is 0 Å². The lowest BCUT2D eigenvalue weighted by molar-refractivity contribution is -0.402. The highest BCUT2D eigenvalue weighted by atomic mass is 35.5. The van der Waals surface area contributed by atoms with E-state index in [2.05, 4.69) is 0 Å². The topological polar surface area (TPSA) is 73.3 Å². The molecule has 8 heteroatoms. The van der Waals surface area contributed by atoms with Crippen LogP contribution in [0.5, 0.6) is 0 Å². The number of nitrogens with zero attached hydrogens (tertiary/aromatic N) is 1. The molecule has 0 aliphatic rings. The highest BCUT2D eigenvalue weighted by Crippen LogP contribution is 2.33. The molecular weight excluding hydrogens is 289 g/mol. The van der Waals surface area contributed by atoms with Crippen molar-refractivity contribution in [1.29, 1.82) is 0 Å². The normalized spacial score (nSPS) is 10.5. The van der Waals surface area contributed by atoms with Crippen molar-refractivity contribution in [2.24, 2.45) is 0 Å². The second-order valence-corrected chi connectivity index (χ2v) is 5.25. The summed E-state index contributed by atoms with van der Waals surface area (Å²) in [7, 11) is 0. The van der Waals surface area contributed by atoms with Gasteiger partial charge in [-0.25, -0.2) is 0 Å². The fourth-order valence-electron chi connectivity index (χ4n) is 1.18. The van der Waals surface area contributed by atoms with Gasteiger partial charge in [0.05, 0.1) is 16.0 Å². The van der Waals surface area contributed by atoms with Crippen molar-refractivity contribution in [3.8, 4) is 0 Å². The first-order chi connectivity index (χ1) is 7.99. The Balaban J connectivity index is 2.37. The number of carbonyl (C=O) groups is 1. The Kier molecular flexibility index (Phi) is 3.19. The molecular formula is C9H3Cl2NO4S. The van der Waals surface area contributed by atoms with Gasteiger partial charge in [-0.05, 0) is 12.1 Å². The summed E-state index contributed by atoms with van der Waals surface area (Å²) in [6.45, 7) is 0. The van der Waals surface area contributed by atoms with Crippen LogP contribution in [-0.2, 0) is 0 Å². The van der Waals surface area contributed by atoms with E-state index < -0.39 is 16.6 Å². The molecule has 0 saturated carbocycles. The number of rotatable bonds is 3. The van der Waals surface area contributed by atoms with Gasteiger partial charge in [0.25, 0.3) is 0 Å². The van der Waals surface area contributed by atoms with Gasteiger partial charge in [0.1, 0.15) is 9.26 Å². The van der Waals surface area contributed by atoms with Gasteiger partial charge < -0.3 is 4.42 Å². The monoisotopic (exact) mass is 291 g/mol. The maximum atomic E-state index is 11.9. The lowest BCUT2D eigenvalue weighted by Gasteiger charge is -1.92. The molecule has 0 fully saturated rings. The zero-order valence-electron chi connectivity index (χ0n) is 7.98. The van der Waals surface area contributed by atoms with E-state index in [9.17, 15) is 14.9 Å². The Morgan fingerprint density at radius 2 is 2.12 bits per heavy atom. The highest BCUT2D eigenvalue weighted by Gasteiger charge is 2.22. The van der Waals surface area contributed by atoms with Gasteiger partial charge in [0.15, 0.2) is 5.76 Å². The van der Waals surface area contributed by atoms with E-state index in [0.717, 1.165) is 17.4 Å². The molecule has 2 rings (SSSR count). The number of hydrogen-bond donors (Lipinski definition) is 0. The van der Waals surface area contributed by atoms with E-state index in [4.69, 9.17) is 27.6 Å². The third kappa shape index (κ3) is 2.33. The fraction of sp³-hybridized carbons (Fsp3) is 0. The molecule has 0 atom stereocenters. The SMILES string of the molecule is O=C(c1ccc([N+](=O)[O-])o1)c1cc(Cl)sc1Cl. The molecule has 88 valence electrons. The van der Waals surface area contributed by atoms with Crippen LogP contribution in [-0.4, -0.2) is 10.7 Å². The molecule has 0 unspecified atom stereocenters. The summed E-state index contributed by atoms with van der Waals surface area (Å²) in [5.41, 5.74) is 0.172. The number of nitro groups is 1. The smallest absolute Gasteiger partial charge is 0.397 e. The maximum absolute atomic E-state index is 11.9. The fourth-order valence-corrected chi connectivity index (χ4v) is 2.63. The van der Waals surface area contributed by atoms with Crippen LogP contribution in [0.1, 0.15) is 16.1 Å². The highest BCUT2D eigenvalue weighted by molar-refractivity contribution is 7.20. The first kappa shape index (κ1) is 12.1. The molecule has 0 saturated heterocycles. The molecule has 0 radical (unpaired) electrons. The molecule has 0 bridgehead atoms. The molecule has 0 spiro atoms. The van der Waals surface area contributed by atoms with Crippen LogP contribution in [0.25, 0.3) is 0 Å². The minimum Gasteiger partial charge on any atom is -0.397 e. The van der Waals surface area contributed by atoms with Crippen LogP contribution in [0.2, 0.25) is 8.67 Å². The molecule has 0 aliphatic heterocycles. The van der Waals surface area contributed by atoms with E-state index in [-0.39, 0.29) is 15.7 Å². The Morgan fingerprint density at radius 3 is 2.59 bits per heavy atom. The Bertz CT molecular complexity index is 604. The molecule has 2 aromatic rings. The van der Waals surface area contributed by atoms with Gasteiger partial charge in [-0.15, -0.1) is 11.3 Å². The number of halogens is 2. The molecule has 0 N–H and O–H groups in total. The van der Waals surface area contributed by atoms with Crippen LogP contribution in [0.15, 0.2) is 22.6 Å². The number of carbonyl (C=O) groups excluding carboxylic acids is 1. The van der Waals surface area contributed by atoms with Crippen molar-refractivity contribution in [2.45, 2.75) is 0 Å². The molecule has 0 aliphatic carbocycles. The minimum absolute atomic E-state index is 0.145. The Hall–Kier alpha value is -1.37. The summed E-state index contributed by atoms with van der Waals surface area (Å²) >= 11 is 12.5. The van der Waals surface area contributed by atoms with Crippen LogP contribution in [0.3, 0.4) is 0 Å². The van der Waals surface area contributed by atoms with Crippen molar-refractivity contribution >= 4 is 46.2 Å². The van der Waals surface area contributed by atoms with Crippen molar-refractivity contribution < 1.29 is 14.1 Å². The third-order valence-electron chi connectivity index (χ3n) is 1.90. The molecule has 0 amide bonds. The maximum Gasteiger partial charge on any atom is 0.433 e. The van der Waals surface area contributed by atoms with Crippen LogP contribution < -0.4 is 0 Å². The van der Waals surface area contributed by atoms with Gasteiger partial charge in [-0.2, -0.15) is 0 Å². The molecule has 2 aromatic heterocycles. The molecule has 2 heterocycles. The largest absolute Gasteiger partial charge is 0.433 e. The standard InChI is InChI=1S/C9H3Cl2NO4S/c10-6-3-4(9(11)17-6)8(13)5-1-2-7(16-5)12(14)15/h1-3H. The second-order valence-electron chi connectivity index (χ2n) is 2.96. The first-order valence-electron chi connectivity index (χ1n) is 4.23. The first-order valence-corrected chi connectivity index (χ1v) is 5.80. The van der Waals surface area contributed by atoms with Crippen LogP contribution in [0.4, 0.5) is 5.88 Å². The average Bonchev–Trinajstić information content (AvgIpc) is 2.84. The van der Waals surface area contributed by atoms with Gasteiger partial charge >= 0.3 is 5.88 Å². The van der Waals surface area contributed by atoms with Gasteiger partial charge in [0.2, 0.25) is 5.78 Å². The van der Waals surface area contributed by atoms with Crippen molar-refractivity contribution in [3.05, 3.63) is 48.3 Å². The number of hydrogen-bond acceptors (Lipinski definition) is 5. The third-order valence-corrected chi connectivity index (χ3v) is 3.38. The lowest BCUT2D eigenvalue weighted by Crippen LogP contribution is -1.98. The number of ketones is 1. The van der Waals surface area contributed by atoms with Gasteiger partial charge in [-0.1, -0.05) is 23.2 Å². The van der Waals surface area contributed by atoms with E-state index >= 15 is 0 Å². The lowest BCUT2D eigenvalue weighted by atomic mass is 10.2. The van der Waals surface area contributed by atoms with E-state index in [1.165, 1.54) is 12.1 Å². The van der Waals surface area contributed by atoms with E-state index in [0.29, 0.717) is 4.34 Å². The van der Waals surface area contributed by atoms with E-state index in [1.54, 1.807) is 0 Å². The summed E-state index contributed by atoms with van der Waals surface area (Å²) in [6, 6.07) is 3.72. The van der Waals surface area contributed by atoms with Gasteiger partial charge in [0, 0.05) is 0 Å². The molecule has 5 nitrogen and oxygen atoms in total. The van der Waals surface area contributed by atoms with Crippen molar-refractivity contribution in [1.82, 2.24) is 0 Å². The predicted molar refractivity (Wildman–Crippen MR) is 63.1 cm³/mol. The summed E-state index contributed by atoms with van der Waals surface area (Å²) in [5.74, 6) is -1.18. The second kappa shape index (κ2) is 4.48. The Morgan fingerprint density at radius 1 is 1.41 bits per heavy atom. The summed E-state index contributed by atoms with van der Waals surface area (Å²) in [6.07, 6.45) is 0. The van der Waals surface area contributed by atoms with Crippen LogP contribution >= 0.6 is 34.5 Å². The zero-order chi connectivity index (χ0) is 12.6. The van der Waals surface area contributed by atoms with Crippen molar-refractivity contribution in [3.63, 3.8) is 0 Å². The predicted octanol–water partition coefficient (Wildman–Crippen LogP) is 3.79. The summed E-state index contributed by atoms with van der Waals surface area (Å²) in [5, 5.41) is 10.4. The molecule has 17 heavy (non-hydrogen) atoms. The zero-order valence-corrected chi connectivity index (χ0v) is 10.3. The molecule has 0 aromatic carbocycles. The number of thiophene rings is 1. The average molecular weight is 292 g/mol.